The van der Waals surface area contributed by atoms with Crippen molar-refractivity contribution in [2.45, 2.75) is 13.0 Å². The summed E-state index contributed by atoms with van der Waals surface area (Å²) in [4.78, 5) is 12.0. The molecule has 0 fully saturated rings. The monoisotopic (exact) mass is 273 g/mol. The summed E-state index contributed by atoms with van der Waals surface area (Å²) in [6.07, 6.45) is 0. The molecule has 1 unspecified atom stereocenters. The largest absolute Gasteiger partial charge is 0.467 e. The number of nitrogens with one attached hydrogen (secondary N) is 1. The number of ether oxygens (including phenoxy) is 1. The van der Waals surface area contributed by atoms with Gasteiger partial charge in [-0.1, -0.05) is 24.3 Å². The lowest BCUT2D eigenvalue weighted by Crippen LogP contribution is -2.23. The average Bonchev–Trinajstić information content (AvgIpc) is 2.46. The van der Waals surface area contributed by atoms with Gasteiger partial charge in [0.15, 0.2) is 6.04 Å². The van der Waals surface area contributed by atoms with E-state index in [1.54, 1.807) is 13.0 Å². The Morgan fingerprint density at radius 2 is 1.90 bits per heavy atom. The predicted octanol–water partition coefficient (Wildman–Crippen LogP) is 3.46. The maximum Gasteiger partial charge on any atom is 0.332 e. The first kappa shape index (κ1) is 14.1. The fourth-order valence-corrected chi connectivity index (χ4v) is 2.05. The van der Waals surface area contributed by atoms with Gasteiger partial charge in [0.1, 0.15) is 5.82 Å². The fraction of sp³-hybridized carbons (Fsp3) is 0.188. The highest BCUT2D eigenvalue weighted by molar-refractivity contribution is 5.81. The Morgan fingerprint density at radius 3 is 2.50 bits per heavy atom. The number of anilines is 1. The smallest absolute Gasteiger partial charge is 0.332 e. The summed E-state index contributed by atoms with van der Waals surface area (Å²) in [5.41, 5.74) is 2.19. The molecule has 0 amide bonds. The lowest BCUT2D eigenvalue weighted by Gasteiger charge is -2.20. The molecule has 0 aromatic heterocycles. The lowest BCUT2D eigenvalue weighted by atomic mass is 10.0. The van der Waals surface area contributed by atoms with Gasteiger partial charge in [0.25, 0.3) is 0 Å². The third-order valence-electron chi connectivity index (χ3n) is 3.06. The SMILES string of the molecule is COC(=O)C(Nc1ccccc1)c1ccc(F)cc1C. The van der Waals surface area contributed by atoms with Gasteiger partial charge in [-0.05, 0) is 42.3 Å². The molecule has 0 bridgehead atoms. The number of para-hydroxylation sites is 1. The van der Waals surface area contributed by atoms with Gasteiger partial charge < -0.3 is 10.1 Å². The maximum atomic E-state index is 13.2. The molecular weight excluding hydrogens is 257 g/mol. The van der Waals surface area contributed by atoms with Crippen molar-refractivity contribution < 1.29 is 13.9 Å². The molecule has 0 aliphatic rings. The number of aryl methyl sites for hydroxylation is 1. The predicted molar refractivity (Wildman–Crippen MR) is 76.0 cm³/mol. The van der Waals surface area contributed by atoms with Crippen molar-refractivity contribution >= 4 is 11.7 Å². The van der Waals surface area contributed by atoms with E-state index in [1.807, 2.05) is 30.3 Å². The third-order valence-corrected chi connectivity index (χ3v) is 3.06. The molecule has 0 aliphatic carbocycles. The summed E-state index contributed by atoms with van der Waals surface area (Å²) in [5.74, 6) is -0.738. The van der Waals surface area contributed by atoms with Crippen LogP contribution in [0.3, 0.4) is 0 Å². The van der Waals surface area contributed by atoms with Crippen LogP contribution < -0.4 is 5.32 Å². The first-order valence-electron chi connectivity index (χ1n) is 6.27. The van der Waals surface area contributed by atoms with Gasteiger partial charge in [0.2, 0.25) is 0 Å². The molecule has 0 saturated carbocycles. The van der Waals surface area contributed by atoms with Crippen LogP contribution in [0.1, 0.15) is 17.2 Å². The van der Waals surface area contributed by atoms with Crippen LogP contribution in [0.5, 0.6) is 0 Å². The molecule has 1 atom stereocenters. The van der Waals surface area contributed by atoms with Gasteiger partial charge in [0.05, 0.1) is 7.11 Å². The number of hydrogen-bond acceptors (Lipinski definition) is 3. The minimum atomic E-state index is -0.664. The maximum absolute atomic E-state index is 13.2. The summed E-state index contributed by atoms with van der Waals surface area (Å²) >= 11 is 0. The van der Waals surface area contributed by atoms with Crippen LogP contribution in [0.15, 0.2) is 48.5 Å². The number of esters is 1. The molecule has 104 valence electrons. The molecule has 2 rings (SSSR count). The summed E-state index contributed by atoms with van der Waals surface area (Å²) in [5, 5.41) is 3.11. The molecule has 3 nitrogen and oxygen atoms in total. The van der Waals surface area contributed by atoms with Gasteiger partial charge in [-0.15, -0.1) is 0 Å². The Hall–Kier alpha value is -2.36. The normalized spacial score (nSPS) is 11.8. The summed E-state index contributed by atoms with van der Waals surface area (Å²) in [6, 6.07) is 13.0. The second kappa shape index (κ2) is 6.19. The number of benzene rings is 2. The van der Waals surface area contributed by atoms with Crippen molar-refractivity contribution in [3.8, 4) is 0 Å². The number of rotatable bonds is 4. The van der Waals surface area contributed by atoms with Crippen molar-refractivity contribution in [3.63, 3.8) is 0 Å². The summed E-state index contributed by atoms with van der Waals surface area (Å²) in [6.45, 7) is 1.76. The van der Waals surface area contributed by atoms with Crippen molar-refractivity contribution in [2.24, 2.45) is 0 Å². The van der Waals surface area contributed by atoms with Crippen molar-refractivity contribution in [2.75, 3.05) is 12.4 Å². The molecule has 0 spiro atoms. The molecule has 2 aromatic rings. The fourth-order valence-electron chi connectivity index (χ4n) is 2.05. The van der Waals surface area contributed by atoms with E-state index in [9.17, 15) is 9.18 Å². The molecule has 2 aromatic carbocycles. The van der Waals surface area contributed by atoms with E-state index in [2.05, 4.69) is 5.32 Å². The minimum Gasteiger partial charge on any atom is -0.467 e. The van der Waals surface area contributed by atoms with E-state index in [0.717, 1.165) is 5.69 Å². The molecular formula is C16H16FNO2. The summed E-state index contributed by atoms with van der Waals surface area (Å²) < 4.78 is 18.0. The van der Waals surface area contributed by atoms with Crippen LogP contribution >= 0.6 is 0 Å². The number of carbonyl (C=O) groups is 1. The molecule has 0 aliphatic heterocycles. The minimum absolute atomic E-state index is 0.324. The van der Waals surface area contributed by atoms with Crippen LogP contribution in [0, 0.1) is 12.7 Å². The number of hydrogen-bond donors (Lipinski definition) is 1. The van der Waals surface area contributed by atoms with Crippen molar-refractivity contribution in [3.05, 3.63) is 65.5 Å². The molecule has 0 saturated heterocycles. The number of methoxy groups -OCH3 is 1. The first-order chi connectivity index (χ1) is 9.61. The first-order valence-corrected chi connectivity index (χ1v) is 6.27. The molecule has 1 N–H and O–H groups in total. The number of halogens is 1. The number of carbonyl (C=O) groups excluding carboxylic acids is 1. The molecule has 0 radical (unpaired) electrons. The molecule has 0 heterocycles. The highest BCUT2D eigenvalue weighted by atomic mass is 19.1. The zero-order valence-corrected chi connectivity index (χ0v) is 11.4. The highest BCUT2D eigenvalue weighted by Gasteiger charge is 2.23. The van der Waals surface area contributed by atoms with E-state index in [-0.39, 0.29) is 5.82 Å². The van der Waals surface area contributed by atoms with E-state index in [1.165, 1.54) is 19.2 Å². The Balaban J connectivity index is 2.35. The highest BCUT2D eigenvalue weighted by Crippen LogP contribution is 2.24. The average molecular weight is 273 g/mol. The second-order valence-corrected chi connectivity index (χ2v) is 4.47. The van der Waals surface area contributed by atoms with Gasteiger partial charge >= 0.3 is 5.97 Å². The van der Waals surface area contributed by atoms with Crippen LogP contribution in [-0.4, -0.2) is 13.1 Å². The van der Waals surface area contributed by atoms with Gasteiger partial charge in [-0.25, -0.2) is 9.18 Å². The standard InChI is InChI=1S/C16H16FNO2/c1-11-10-12(17)8-9-14(11)15(16(19)20-2)18-13-6-4-3-5-7-13/h3-10,15,18H,1-2H3. The topological polar surface area (TPSA) is 38.3 Å². The quantitative estimate of drug-likeness (QED) is 0.867. The van der Waals surface area contributed by atoms with Crippen molar-refractivity contribution in [1.82, 2.24) is 0 Å². The van der Waals surface area contributed by atoms with E-state index in [4.69, 9.17) is 4.74 Å². The Morgan fingerprint density at radius 1 is 1.20 bits per heavy atom. The molecule has 4 heteroatoms. The van der Waals surface area contributed by atoms with Gasteiger partial charge in [0, 0.05) is 5.69 Å². The van der Waals surface area contributed by atoms with Crippen LogP contribution in [0.2, 0.25) is 0 Å². The third kappa shape index (κ3) is 3.15. The Labute approximate surface area is 117 Å². The van der Waals surface area contributed by atoms with Gasteiger partial charge in [-0.3, -0.25) is 0 Å². The molecule has 20 heavy (non-hydrogen) atoms. The van der Waals surface area contributed by atoms with Crippen LogP contribution in [0.25, 0.3) is 0 Å². The van der Waals surface area contributed by atoms with Crippen LogP contribution in [0.4, 0.5) is 10.1 Å². The lowest BCUT2D eigenvalue weighted by molar-refractivity contribution is -0.141. The zero-order valence-electron chi connectivity index (χ0n) is 11.4. The Bertz CT molecular complexity index is 599. The second-order valence-electron chi connectivity index (χ2n) is 4.47. The zero-order chi connectivity index (χ0) is 14.5. The Kier molecular flexibility index (Phi) is 4.35. The van der Waals surface area contributed by atoms with Crippen LogP contribution in [-0.2, 0) is 9.53 Å². The van der Waals surface area contributed by atoms with Crippen molar-refractivity contribution in [1.29, 1.82) is 0 Å². The van der Waals surface area contributed by atoms with E-state index in [0.29, 0.717) is 11.1 Å². The van der Waals surface area contributed by atoms with Gasteiger partial charge in [-0.2, -0.15) is 0 Å². The van der Waals surface area contributed by atoms with E-state index >= 15 is 0 Å². The van der Waals surface area contributed by atoms with E-state index < -0.39 is 12.0 Å². The summed E-state index contributed by atoms with van der Waals surface area (Å²) in [7, 11) is 1.33.